The van der Waals surface area contributed by atoms with Gasteiger partial charge >= 0.3 is 23.9 Å². The number of alkyl halides is 4. The fraction of sp³-hybridized carbons (Fsp3) is 0.810. The number of ether oxygens (including phenoxy) is 4. The Bertz CT molecular complexity index is 599. The monoisotopic (exact) mass is 920 g/mol. The zero-order valence-electron chi connectivity index (χ0n) is 20.1. The number of esters is 4. The number of hydrogen-bond donors (Lipinski definition) is 0. The van der Waals surface area contributed by atoms with Gasteiger partial charge in [0.1, 0.15) is 45.5 Å². The molecule has 8 nitrogen and oxygen atoms in total. The normalized spacial score (nSPS) is 13.2. The third kappa shape index (κ3) is 13.1. The van der Waals surface area contributed by atoms with E-state index >= 15 is 0 Å². The first-order valence-corrected chi connectivity index (χ1v) is 14.3. The van der Waals surface area contributed by atoms with Gasteiger partial charge in [-0.25, -0.2) is 0 Å². The van der Waals surface area contributed by atoms with Gasteiger partial charge in [-0.3, -0.25) is 19.2 Å². The quantitative estimate of drug-likeness (QED) is 0.117. The van der Waals surface area contributed by atoms with Gasteiger partial charge in [-0.15, -0.1) is 0 Å². The van der Waals surface area contributed by atoms with E-state index in [-0.39, 0.29) is 26.4 Å². The Morgan fingerprint density at radius 3 is 0.727 bits per heavy atom. The minimum Gasteiger partial charge on any atom is -0.464 e. The third-order valence-corrected chi connectivity index (χ3v) is 5.74. The van der Waals surface area contributed by atoms with Crippen LogP contribution in [-0.2, 0) is 38.1 Å². The highest BCUT2D eigenvalue weighted by molar-refractivity contribution is 14.1. The largest absolute Gasteiger partial charge is 0.464 e. The highest BCUT2D eigenvalue weighted by atomic mass is 127. The summed E-state index contributed by atoms with van der Waals surface area (Å²) in [7, 11) is 0. The molecule has 192 valence electrons. The van der Waals surface area contributed by atoms with Gasteiger partial charge in [0.25, 0.3) is 0 Å². The average molecular weight is 920 g/mol. The maximum Gasteiger partial charge on any atom is 0.321 e. The molecule has 0 aliphatic rings. The molecule has 0 amide bonds. The van der Waals surface area contributed by atoms with Crippen LogP contribution in [0.15, 0.2) is 0 Å². The second kappa shape index (κ2) is 12.9. The lowest BCUT2D eigenvalue weighted by Crippen LogP contribution is -2.47. The van der Waals surface area contributed by atoms with E-state index in [1.807, 2.05) is 90.4 Å². The molecule has 0 spiro atoms. The summed E-state index contributed by atoms with van der Waals surface area (Å²) in [6, 6.07) is 0. The van der Waals surface area contributed by atoms with Crippen molar-refractivity contribution in [3.8, 4) is 0 Å². The van der Waals surface area contributed by atoms with Crippen molar-refractivity contribution in [3.63, 3.8) is 0 Å². The zero-order chi connectivity index (χ0) is 26.5. The molecule has 0 heterocycles. The Hall–Kier alpha value is 0.800. The van der Waals surface area contributed by atoms with E-state index in [0.717, 1.165) is 0 Å². The lowest BCUT2D eigenvalue weighted by Gasteiger charge is -2.34. The molecule has 12 heteroatoms. The first kappa shape index (κ1) is 33.8. The maximum absolute atomic E-state index is 12.4. The van der Waals surface area contributed by atoms with Crippen LogP contribution in [0.2, 0.25) is 0 Å². The van der Waals surface area contributed by atoms with Crippen LogP contribution < -0.4 is 0 Å². The van der Waals surface area contributed by atoms with E-state index in [9.17, 15) is 19.2 Å². The van der Waals surface area contributed by atoms with E-state index in [4.69, 9.17) is 18.9 Å². The highest BCUT2D eigenvalue weighted by Crippen LogP contribution is 2.29. The van der Waals surface area contributed by atoms with Crippen LogP contribution in [0.4, 0.5) is 0 Å². The lowest BCUT2D eigenvalue weighted by atomic mass is 9.91. The molecule has 0 aliphatic carbocycles. The van der Waals surface area contributed by atoms with Crippen molar-refractivity contribution in [2.45, 2.75) is 69.1 Å². The van der Waals surface area contributed by atoms with Crippen molar-refractivity contribution in [3.05, 3.63) is 0 Å². The van der Waals surface area contributed by atoms with Crippen LogP contribution in [0.3, 0.4) is 0 Å². The molecule has 0 rings (SSSR count). The Kier molecular flexibility index (Phi) is 13.2. The van der Waals surface area contributed by atoms with Crippen LogP contribution in [0, 0.1) is 5.41 Å². The number of halogens is 4. The Labute approximate surface area is 250 Å². The van der Waals surface area contributed by atoms with E-state index in [1.54, 1.807) is 55.4 Å². The Morgan fingerprint density at radius 1 is 0.455 bits per heavy atom. The minimum atomic E-state index is -1.29. The van der Waals surface area contributed by atoms with Crippen LogP contribution in [0.5, 0.6) is 0 Å². The number of carbonyl (C=O) groups is 4. The Balaban J connectivity index is 6.00. The van der Waals surface area contributed by atoms with Gasteiger partial charge in [0.05, 0.1) is 0 Å². The van der Waals surface area contributed by atoms with Gasteiger partial charge in [0.2, 0.25) is 0 Å². The number of hydrogen-bond acceptors (Lipinski definition) is 8. The summed E-state index contributed by atoms with van der Waals surface area (Å²) < 4.78 is 18.7. The fourth-order valence-corrected chi connectivity index (χ4v) is 2.43. The predicted molar refractivity (Wildman–Crippen MR) is 159 cm³/mol. The molecule has 0 bridgehead atoms. The molecule has 0 saturated carbocycles. The summed E-state index contributed by atoms with van der Waals surface area (Å²) in [6.07, 6.45) is 0. The van der Waals surface area contributed by atoms with Gasteiger partial charge in [-0.05, 0) is 55.4 Å². The third-order valence-electron chi connectivity index (χ3n) is 3.98. The summed E-state index contributed by atoms with van der Waals surface area (Å²) in [5.41, 5.74) is -1.29. The van der Waals surface area contributed by atoms with Crippen LogP contribution in [-0.4, -0.2) is 64.0 Å². The summed E-state index contributed by atoms with van der Waals surface area (Å²) >= 11 is 7.79. The smallest absolute Gasteiger partial charge is 0.321 e. The second-order valence-electron chi connectivity index (χ2n) is 9.69. The summed E-state index contributed by atoms with van der Waals surface area (Å²) in [5, 5.41) is 0. The van der Waals surface area contributed by atoms with Gasteiger partial charge in [-0.1, -0.05) is 90.4 Å². The van der Waals surface area contributed by atoms with E-state index in [0.29, 0.717) is 0 Å². The summed E-state index contributed by atoms with van der Waals surface area (Å²) in [4.78, 5) is 49.8. The van der Waals surface area contributed by atoms with Gasteiger partial charge in [0.15, 0.2) is 0 Å². The summed E-state index contributed by atoms with van der Waals surface area (Å²) in [5.74, 6) is -2.02. The molecular formula is C21H32I4O8. The molecule has 33 heavy (non-hydrogen) atoms. The highest BCUT2D eigenvalue weighted by Gasteiger charge is 2.42. The molecule has 0 aromatic carbocycles. The van der Waals surface area contributed by atoms with Crippen molar-refractivity contribution >= 4 is 114 Å². The van der Waals surface area contributed by atoms with Crippen molar-refractivity contribution in [2.24, 2.45) is 5.41 Å². The first-order valence-electron chi connectivity index (χ1n) is 9.96. The second-order valence-corrected chi connectivity index (χ2v) is 20.5. The van der Waals surface area contributed by atoms with Gasteiger partial charge in [-0.2, -0.15) is 0 Å². The van der Waals surface area contributed by atoms with Gasteiger partial charge in [0, 0.05) is 0 Å². The standard InChI is InChI=1S/C21H32I4O8/c1-17(2,22)13(26)30-9-21(10-31-14(27)18(3,4)23,11-32-15(28)19(5,6)24)12-33-16(29)20(7,8)25/h9-12H2,1-8H3. The molecule has 0 atom stereocenters. The molecule has 0 aromatic heterocycles. The average Bonchev–Trinajstić information content (AvgIpc) is 2.62. The zero-order valence-corrected chi connectivity index (χ0v) is 28.7. The Morgan fingerprint density at radius 2 is 0.606 bits per heavy atom. The van der Waals surface area contributed by atoms with Crippen molar-refractivity contribution in [1.29, 1.82) is 0 Å². The van der Waals surface area contributed by atoms with Gasteiger partial charge < -0.3 is 18.9 Å². The number of carbonyl (C=O) groups excluding carboxylic acids is 4. The molecule has 0 fully saturated rings. The van der Waals surface area contributed by atoms with Crippen LogP contribution in [0.1, 0.15) is 55.4 Å². The van der Waals surface area contributed by atoms with Crippen LogP contribution >= 0.6 is 90.4 Å². The molecule has 0 unspecified atom stereocenters. The topological polar surface area (TPSA) is 105 Å². The molecule has 0 N–H and O–H groups in total. The number of rotatable bonds is 12. The molecule has 0 aromatic rings. The lowest BCUT2D eigenvalue weighted by molar-refractivity contribution is -0.172. The molecule has 0 radical (unpaired) electrons. The molecule has 0 aliphatic heterocycles. The minimum absolute atomic E-state index is 0.281. The first-order chi connectivity index (χ1) is 14.5. The maximum atomic E-state index is 12.4. The molecule has 0 saturated heterocycles. The van der Waals surface area contributed by atoms with Crippen molar-refractivity contribution in [2.75, 3.05) is 26.4 Å². The summed E-state index contributed by atoms with van der Waals surface area (Å²) in [6.45, 7) is 12.4. The fourth-order valence-electron chi connectivity index (χ4n) is 1.81. The van der Waals surface area contributed by atoms with E-state index in [2.05, 4.69) is 0 Å². The predicted octanol–water partition coefficient (Wildman–Crippen LogP) is 5.00. The van der Waals surface area contributed by atoms with Crippen LogP contribution in [0.25, 0.3) is 0 Å². The van der Waals surface area contributed by atoms with E-state index < -0.39 is 43.0 Å². The van der Waals surface area contributed by atoms with Crippen molar-refractivity contribution in [1.82, 2.24) is 0 Å². The SMILES string of the molecule is CC(C)(I)C(=O)OCC(COC(=O)C(C)(C)I)(COC(=O)C(C)(C)I)COC(=O)C(C)(C)I. The van der Waals surface area contributed by atoms with Crippen molar-refractivity contribution < 1.29 is 38.1 Å². The van der Waals surface area contributed by atoms with E-state index in [1.165, 1.54) is 0 Å². The molecular weight excluding hydrogens is 888 g/mol.